The molecule has 2 nitrogen and oxygen atoms in total. The minimum absolute atomic E-state index is 0.0962. The zero-order chi connectivity index (χ0) is 14.5. The van der Waals surface area contributed by atoms with Crippen LogP contribution in [0.2, 0.25) is 0 Å². The Morgan fingerprint density at radius 3 is 1.58 bits per heavy atom. The summed E-state index contributed by atoms with van der Waals surface area (Å²) in [5.41, 5.74) is 1.74. The number of hydrogen-bond acceptors (Lipinski definition) is 2. The standard InChI is InChI=1S/C11H10F6N2/c12-10(13,14)7-1-6(9(18)4-19-5-9)2-8(3-7)11(15,16)17/h1-3,19H,4-5,18H2. The van der Waals surface area contributed by atoms with E-state index >= 15 is 0 Å². The Labute approximate surface area is 104 Å². The Bertz CT molecular complexity index is 455. The molecule has 106 valence electrons. The smallest absolute Gasteiger partial charge is 0.319 e. The predicted molar refractivity (Wildman–Crippen MR) is 55.2 cm³/mol. The Balaban J connectivity index is 2.56. The zero-order valence-corrected chi connectivity index (χ0v) is 9.49. The summed E-state index contributed by atoms with van der Waals surface area (Å²) in [5.74, 6) is 0. The molecule has 19 heavy (non-hydrogen) atoms. The van der Waals surface area contributed by atoms with Crippen LogP contribution in [0.25, 0.3) is 0 Å². The molecule has 1 aliphatic heterocycles. The normalized spacial score (nSPS) is 19.1. The van der Waals surface area contributed by atoms with Gasteiger partial charge in [0.25, 0.3) is 0 Å². The van der Waals surface area contributed by atoms with Crippen molar-refractivity contribution in [2.45, 2.75) is 17.9 Å². The molecule has 1 aromatic rings. The van der Waals surface area contributed by atoms with E-state index in [1.54, 1.807) is 0 Å². The van der Waals surface area contributed by atoms with Crippen LogP contribution in [-0.4, -0.2) is 13.1 Å². The summed E-state index contributed by atoms with van der Waals surface area (Å²) in [6.07, 6.45) is -9.69. The van der Waals surface area contributed by atoms with Gasteiger partial charge in [0.2, 0.25) is 0 Å². The van der Waals surface area contributed by atoms with Gasteiger partial charge < -0.3 is 11.1 Å². The van der Waals surface area contributed by atoms with E-state index in [0.29, 0.717) is 12.1 Å². The highest BCUT2D eigenvalue weighted by molar-refractivity contribution is 5.39. The second-order valence-electron chi connectivity index (χ2n) is 4.55. The van der Waals surface area contributed by atoms with Gasteiger partial charge >= 0.3 is 12.4 Å². The van der Waals surface area contributed by atoms with Crippen molar-refractivity contribution >= 4 is 0 Å². The topological polar surface area (TPSA) is 38.0 Å². The molecule has 0 saturated carbocycles. The van der Waals surface area contributed by atoms with Crippen LogP contribution in [0.1, 0.15) is 16.7 Å². The molecule has 0 aliphatic carbocycles. The summed E-state index contributed by atoms with van der Waals surface area (Å²) >= 11 is 0. The lowest BCUT2D eigenvalue weighted by Gasteiger charge is -2.40. The SMILES string of the molecule is NC1(c2cc(C(F)(F)F)cc(C(F)(F)F)c2)CNC1. The molecule has 0 aromatic heterocycles. The van der Waals surface area contributed by atoms with E-state index in [1.165, 1.54) is 0 Å². The number of nitrogens with two attached hydrogens (primary N) is 1. The molecule has 1 aliphatic rings. The molecule has 3 N–H and O–H groups in total. The third-order valence-corrected chi connectivity index (χ3v) is 3.04. The molecule has 0 bridgehead atoms. The quantitative estimate of drug-likeness (QED) is 0.778. The van der Waals surface area contributed by atoms with E-state index in [1.807, 2.05) is 0 Å². The first kappa shape index (κ1) is 14.1. The van der Waals surface area contributed by atoms with Gasteiger partial charge in [0, 0.05) is 13.1 Å². The molecule has 1 fully saturated rings. The molecule has 1 saturated heterocycles. The summed E-state index contributed by atoms with van der Waals surface area (Å²) in [7, 11) is 0. The summed E-state index contributed by atoms with van der Waals surface area (Å²) < 4.78 is 75.7. The van der Waals surface area contributed by atoms with Crippen molar-refractivity contribution in [1.29, 1.82) is 0 Å². The average molecular weight is 284 g/mol. The van der Waals surface area contributed by atoms with Crippen molar-refractivity contribution < 1.29 is 26.3 Å². The third-order valence-electron chi connectivity index (χ3n) is 3.04. The summed E-state index contributed by atoms with van der Waals surface area (Å²) in [5, 5.41) is 2.73. The fourth-order valence-electron chi connectivity index (χ4n) is 1.84. The van der Waals surface area contributed by atoms with Crippen molar-refractivity contribution in [1.82, 2.24) is 5.32 Å². The molecule has 0 amide bonds. The second-order valence-corrected chi connectivity index (χ2v) is 4.55. The van der Waals surface area contributed by atoms with Crippen LogP contribution in [0, 0.1) is 0 Å². The number of alkyl halides is 6. The monoisotopic (exact) mass is 284 g/mol. The Morgan fingerprint density at radius 1 is 0.895 bits per heavy atom. The largest absolute Gasteiger partial charge is 0.416 e. The minimum Gasteiger partial charge on any atom is -0.319 e. The van der Waals surface area contributed by atoms with E-state index in [2.05, 4.69) is 5.32 Å². The van der Waals surface area contributed by atoms with Gasteiger partial charge in [-0.05, 0) is 23.8 Å². The molecule has 2 rings (SSSR count). The molecule has 0 unspecified atom stereocenters. The molecule has 1 heterocycles. The van der Waals surface area contributed by atoms with E-state index in [9.17, 15) is 26.3 Å². The maximum absolute atomic E-state index is 12.6. The number of rotatable bonds is 1. The molecule has 8 heteroatoms. The Morgan fingerprint density at radius 2 is 1.32 bits per heavy atom. The molecule has 1 aromatic carbocycles. The van der Waals surface area contributed by atoms with Gasteiger partial charge in [-0.1, -0.05) is 0 Å². The molecular formula is C11H10F6N2. The molecule has 0 atom stereocenters. The fraction of sp³-hybridized carbons (Fsp3) is 0.455. The lowest BCUT2D eigenvalue weighted by molar-refractivity contribution is -0.143. The first-order valence-electron chi connectivity index (χ1n) is 5.32. The van der Waals surface area contributed by atoms with Crippen LogP contribution in [-0.2, 0) is 17.9 Å². The van der Waals surface area contributed by atoms with Crippen LogP contribution in [0.3, 0.4) is 0 Å². The van der Waals surface area contributed by atoms with E-state index in [-0.39, 0.29) is 24.7 Å². The van der Waals surface area contributed by atoms with Crippen molar-refractivity contribution in [3.8, 4) is 0 Å². The number of nitrogens with one attached hydrogen (secondary N) is 1. The van der Waals surface area contributed by atoms with E-state index < -0.39 is 29.0 Å². The van der Waals surface area contributed by atoms with E-state index in [0.717, 1.165) is 0 Å². The van der Waals surface area contributed by atoms with Gasteiger partial charge in [-0.25, -0.2) is 0 Å². The highest BCUT2D eigenvalue weighted by Gasteiger charge is 2.41. The van der Waals surface area contributed by atoms with E-state index in [4.69, 9.17) is 5.73 Å². The number of benzene rings is 1. The summed E-state index contributed by atoms with van der Waals surface area (Å²) in [4.78, 5) is 0. The lowest BCUT2D eigenvalue weighted by atomic mass is 9.83. The maximum atomic E-state index is 12.6. The summed E-state index contributed by atoms with van der Waals surface area (Å²) in [6.45, 7) is 0.289. The molecular weight excluding hydrogens is 274 g/mol. The van der Waals surface area contributed by atoms with Crippen LogP contribution in [0.5, 0.6) is 0 Å². The first-order chi connectivity index (χ1) is 8.52. The Hall–Kier alpha value is -1.28. The van der Waals surface area contributed by atoms with Crippen molar-refractivity contribution in [2.75, 3.05) is 13.1 Å². The van der Waals surface area contributed by atoms with Gasteiger partial charge in [-0.15, -0.1) is 0 Å². The number of halogens is 6. The van der Waals surface area contributed by atoms with Gasteiger partial charge in [-0.2, -0.15) is 26.3 Å². The van der Waals surface area contributed by atoms with Crippen molar-refractivity contribution in [3.05, 3.63) is 34.9 Å². The first-order valence-corrected chi connectivity index (χ1v) is 5.32. The fourth-order valence-corrected chi connectivity index (χ4v) is 1.84. The Kier molecular flexibility index (Phi) is 3.06. The van der Waals surface area contributed by atoms with Crippen molar-refractivity contribution in [2.24, 2.45) is 5.73 Å². The van der Waals surface area contributed by atoms with Crippen LogP contribution < -0.4 is 11.1 Å². The minimum atomic E-state index is -4.84. The van der Waals surface area contributed by atoms with Crippen molar-refractivity contribution in [3.63, 3.8) is 0 Å². The molecule has 0 radical (unpaired) electrons. The number of hydrogen-bond donors (Lipinski definition) is 2. The van der Waals surface area contributed by atoms with Gasteiger partial charge in [0.05, 0.1) is 16.7 Å². The highest BCUT2D eigenvalue weighted by atomic mass is 19.4. The third kappa shape index (κ3) is 2.69. The molecule has 0 spiro atoms. The zero-order valence-electron chi connectivity index (χ0n) is 9.49. The maximum Gasteiger partial charge on any atom is 0.416 e. The average Bonchev–Trinajstić information content (AvgIpc) is 2.23. The summed E-state index contributed by atoms with van der Waals surface area (Å²) in [6, 6.07) is 1.45. The highest BCUT2D eigenvalue weighted by Crippen LogP contribution is 2.38. The lowest BCUT2D eigenvalue weighted by Crippen LogP contribution is -2.62. The second kappa shape index (κ2) is 4.11. The van der Waals surface area contributed by atoms with Gasteiger partial charge in [0.1, 0.15) is 0 Å². The van der Waals surface area contributed by atoms with Crippen LogP contribution in [0.15, 0.2) is 18.2 Å². The van der Waals surface area contributed by atoms with Crippen LogP contribution >= 0.6 is 0 Å². The van der Waals surface area contributed by atoms with Gasteiger partial charge in [0.15, 0.2) is 0 Å². The van der Waals surface area contributed by atoms with Crippen LogP contribution in [0.4, 0.5) is 26.3 Å². The van der Waals surface area contributed by atoms with Gasteiger partial charge in [-0.3, -0.25) is 0 Å². The predicted octanol–water partition coefficient (Wildman–Crippen LogP) is 2.48.